The lowest BCUT2D eigenvalue weighted by Gasteiger charge is -2.21. The summed E-state index contributed by atoms with van der Waals surface area (Å²) in [6.07, 6.45) is 5.76. The van der Waals surface area contributed by atoms with E-state index in [0.717, 1.165) is 49.7 Å². The van der Waals surface area contributed by atoms with Gasteiger partial charge in [-0.1, -0.05) is 12.8 Å². The largest absolute Gasteiger partial charge is 0.495 e. The fraction of sp³-hybridized carbons (Fsp3) is 0.423. The first-order chi connectivity index (χ1) is 16.8. The minimum atomic E-state index is -3.77. The quantitative estimate of drug-likeness (QED) is 0.507. The Morgan fingerprint density at radius 2 is 1.77 bits per heavy atom. The van der Waals surface area contributed by atoms with E-state index < -0.39 is 10.0 Å². The molecule has 0 unspecified atom stereocenters. The Bertz CT molecular complexity index is 1290. The number of fused-ring (bicyclic) bond motifs is 1. The Labute approximate surface area is 207 Å². The summed E-state index contributed by atoms with van der Waals surface area (Å²) in [6.45, 7) is 2.77. The molecule has 3 aromatic rings. The number of hydrogen-bond acceptors (Lipinski definition) is 5. The van der Waals surface area contributed by atoms with Crippen molar-refractivity contribution in [1.29, 1.82) is 0 Å². The molecule has 1 saturated heterocycles. The zero-order valence-electron chi connectivity index (χ0n) is 20.7. The zero-order valence-corrected chi connectivity index (χ0v) is 21.5. The first-order valence-corrected chi connectivity index (χ1v) is 13.5. The lowest BCUT2D eigenvalue weighted by Crippen LogP contribution is -2.32. The van der Waals surface area contributed by atoms with Crippen LogP contribution in [0.1, 0.15) is 36.0 Å². The standard InChI is InChI=1S/C26H34N4O4S/c1-28(2)16-17-29-15-12-20-18-22(9-10-23(20)29)27-26(31)21-8-11-24(34-3)25(19-21)35(32,33)30-13-6-4-5-7-14-30/h8-12,15,18-19H,4-7,13-14,16-17H2,1-3H3,(H,27,31). The highest BCUT2D eigenvalue weighted by atomic mass is 32.2. The van der Waals surface area contributed by atoms with E-state index in [0.29, 0.717) is 18.8 Å². The molecule has 1 amide bonds. The predicted molar refractivity (Wildman–Crippen MR) is 139 cm³/mol. The van der Waals surface area contributed by atoms with Crippen LogP contribution < -0.4 is 10.1 Å². The molecule has 35 heavy (non-hydrogen) atoms. The molecule has 0 bridgehead atoms. The summed E-state index contributed by atoms with van der Waals surface area (Å²) >= 11 is 0. The second kappa shape index (κ2) is 10.8. The zero-order chi connectivity index (χ0) is 25.0. The van der Waals surface area contributed by atoms with Gasteiger partial charge in [0.25, 0.3) is 5.91 Å². The molecule has 1 aliphatic heterocycles. The summed E-state index contributed by atoms with van der Waals surface area (Å²) in [6, 6.07) is 12.4. The normalized spacial score (nSPS) is 15.3. The molecule has 0 aliphatic carbocycles. The first-order valence-electron chi connectivity index (χ1n) is 12.0. The van der Waals surface area contributed by atoms with Gasteiger partial charge in [0.2, 0.25) is 10.0 Å². The summed E-state index contributed by atoms with van der Waals surface area (Å²) < 4.78 is 35.9. The molecule has 0 saturated carbocycles. The van der Waals surface area contributed by atoms with E-state index in [1.54, 1.807) is 12.1 Å². The lowest BCUT2D eigenvalue weighted by atomic mass is 10.2. The first kappa shape index (κ1) is 25.2. The third-order valence-corrected chi connectivity index (χ3v) is 8.35. The van der Waals surface area contributed by atoms with Crippen molar-refractivity contribution in [3.05, 3.63) is 54.2 Å². The second-order valence-corrected chi connectivity index (χ2v) is 11.1. The molecule has 1 fully saturated rings. The molecule has 8 nitrogen and oxygen atoms in total. The van der Waals surface area contributed by atoms with Gasteiger partial charge in [-0.3, -0.25) is 4.79 Å². The number of nitrogens with one attached hydrogen (secondary N) is 1. The Balaban J connectivity index is 1.56. The minimum absolute atomic E-state index is 0.0305. The van der Waals surface area contributed by atoms with E-state index in [1.807, 2.05) is 44.6 Å². The number of ether oxygens (including phenoxy) is 1. The van der Waals surface area contributed by atoms with Gasteiger partial charge in [-0.15, -0.1) is 0 Å². The molecule has 188 valence electrons. The van der Waals surface area contributed by atoms with Crippen molar-refractivity contribution in [1.82, 2.24) is 13.8 Å². The summed E-state index contributed by atoms with van der Waals surface area (Å²) in [5, 5.41) is 3.94. The van der Waals surface area contributed by atoms with Crippen molar-refractivity contribution in [3.63, 3.8) is 0 Å². The van der Waals surface area contributed by atoms with Crippen LogP contribution in [0.2, 0.25) is 0 Å². The van der Waals surface area contributed by atoms with Gasteiger partial charge < -0.3 is 19.5 Å². The van der Waals surface area contributed by atoms with E-state index in [9.17, 15) is 13.2 Å². The summed E-state index contributed by atoms with van der Waals surface area (Å²) in [7, 11) is 1.76. The highest BCUT2D eigenvalue weighted by molar-refractivity contribution is 7.89. The molecule has 4 rings (SSSR count). The van der Waals surface area contributed by atoms with Crippen LogP contribution in [-0.2, 0) is 16.6 Å². The molecule has 0 radical (unpaired) electrons. The van der Waals surface area contributed by atoms with E-state index >= 15 is 0 Å². The van der Waals surface area contributed by atoms with Crippen LogP contribution >= 0.6 is 0 Å². The molecule has 0 atom stereocenters. The van der Waals surface area contributed by atoms with Gasteiger partial charge in [-0.05, 0) is 69.4 Å². The third-order valence-electron chi connectivity index (χ3n) is 6.43. The maximum Gasteiger partial charge on any atom is 0.255 e. The number of amides is 1. The fourth-order valence-corrected chi connectivity index (χ4v) is 6.12. The predicted octanol–water partition coefficient (Wildman–Crippen LogP) is 4.03. The van der Waals surface area contributed by atoms with Crippen LogP contribution in [0.5, 0.6) is 5.75 Å². The van der Waals surface area contributed by atoms with Crippen LogP contribution in [0.4, 0.5) is 5.69 Å². The van der Waals surface area contributed by atoms with Gasteiger partial charge >= 0.3 is 0 Å². The van der Waals surface area contributed by atoms with E-state index in [1.165, 1.54) is 17.5 Å². The number of anilines is 1. The van der Waals surface area contributed by atoms with Crippen LogP contribution in [-0.4, -0.2) is 68.9 Å². The molecular weight excluding hydrogens is 464 g/mol. The third kappa shape index (κ3) is 5.69. The highest BCUT2D eigenvalue weighted by Crippen LogP contribution is 2.30. The molecule has 2 heterocycles. The lowest BCUT2D eigenvalue weighted by molar-refractivity contribution is 0.102. The smallest absolute Gasteiger partial charge is 0.255 e. The van der Waals surface area contributed by atoms with Gasteiger partial charge in [0.1, 0.15) is 10.6 Å². The molecule has 0 spiro atoms. The van der Waals surface area contributed by atoms with E-state index in [2.05, 4.69) is 14.8 Å². The number of carbonyl (C=O) groups excluding carboxylic acids is 1. The second-order valence-electron chi connectivity index (χ2n) is 9.22. The Kier molecular flexibility index (Phi) is 7.78. The van der Waals surface area contributed by atoms with Gasteiger partial charge in [-0.25, -0.2) is 8.42 Å². The Morgan fingerprint density at radius 1 is 1.03 bits per heavy atom. The maximum absolute atomic E-state index is 13.4. The van der Waals surface area contributed by atoms with Crippen LogP contribution in [0.25, 0.3) is 10.9 Å². The minimum Gasteiger partial charge on any atom is -0.495 e. The number of benzene rings is 2. The van der Waals surface area contributed by atoms with Crippen molar-refractivity contribution < 1.29 is 17.9 Å². The average Bonchev–Trinajstić information content (AvgIpc) is 3.03. The molecule has 1 N–H and O–H groups in total. The van der Waals surface area contributed by atoms with Crippen molar-refractivity contribution in [2.24, 2.45) is 0 Å². The summed E-state index contributed by atoms with van der Waals surface area (Å²) in [5.41, 5.74) is 2.02. The topological polar surface area (TPSA) is 83.9 Å². The van der Waals surface area contributed by atoms with Crippen LogP contribution in [0, 0.1) is 0 Å². The van der Waals surface area contributed by atoms with E-state index in [4.69, 9.17) is 4.74 Å². The summed E-state index contributed by atoms with van der Waals surface area (Å²) in [5.74, 6) is -0.127. The number of rotatable bonds is 8. The number of carbonyl (C=O) groups is 1. The maximum atomic E-state index is 13.4. The SMILES string of the molecule is COc1ccc(C(=O)Nc2ccc3c(ccn3CCN(C)C)c2)cc1S(=O)(=O)N1CCCCCC1. The van der Waals surface area contributed by atoms with Crippen LogP contribution in [0.15, 0.2) is 53.6 Å². The monoisotopic (exact) mass is 498 g/mol. The van der Waals surface area contributed by atoms with Crippen molar-refractivity contribution in [2.75, 3.05) is 46.2 Å². The van der Waals surface area contributed by atoms with Crippen LogP contribution in [0.3, 0.4) is 0 Å². The number of sulfonamides is 1. The average molecular weight is 499 g/mol. The van der Waals surface area contributed by atoms with Gasteiger partial charge in [0.15, 0.2) is 0 Å². The molecular formula is C26H34N4O4S. The van der Waals surface area contributed by atoms with Gasteiger partial charge in [0, 0.05) is 54.5 Å². The summed E-state index contributed by atoms with van der Waals surface area (Å²) in [4.78, 5) is 15.2. The number of nitrogens with zero attached hydrogens (tertiary/aromatic N) is 3. The Morgan fingerprint density at radius 3 is 2.46 bits per heavy atom. The van der Waals surface area contributed by atoms with Gasteiger partial charge in [-0.2, -0.15) is 4.31 Å². The van der Waals surface area contributed by atoms with E-state index in [-0.39, 0.29) is 22.1 Å². The molecule has 1 aliphatic rings. The molecule has 2 aromatic carbocycles. The number of likely N-dealkylation sites (N-methyl/N-ethyl adjacent to an activating group) is 1. The Hall–Kier alpha value is -2.88. The highest BCUT2D eigenvalue weighted by Gasteiger charge is 2.29. The van der Waals surface area contributed by atoms with Crippen molar-refractivity contribution in [3.8, 4) is 5.75 Å². The number of hydrogen-bond donors (Lipinski definition) is 1. The fourth-order valence-electron chi connectivity index (χ4n) is 4.42. The van der Waals surface area contributed by atoms with Gasteiger partial charge in [0.05, 0.1) is 7.11 Å². The number of aromatic nitrogens is 1. The molecule has 9 heteroatoms. The molecule has 1 aromatic heterocycles. The van der Waals surface area contributed by atoms with Crippen molar-refractivity contribution >= 4 is 32.5 Å². The van der Waals surface area contributed by atoms with Crippen molar-refractivity contribution in [2.45, 2.75) is 37.1 Å². The number of methoxy groups -OCH3 is 1.